The highest BCUT2D eigenvalue weighted by Crippen LogP contribution is 2.29. The maximum Gasteiger partial charge on any atom is 0.266 e. The zero-order valence-corrected chi connectivity index (χ0v) is 11.4. The summed E-state index contributed by atoms with van der Waals surface area (Å²) in [7, 11) is 1.28. The molecule has 0 aliphatic heterocycles. The minimum Gasteiger partial charge on any atom is -0.438 e. The molecule has 0 fully saturated rings. The normalized spacial score (nSPS) is 11.3. The Labute approximate surface area is 114 Å². The quantitative estimate of drug-likeness (QED) is 0.817. The predicted molar refractivity (Wildman–Crippen MR) is 68.5 cm³/mol. The van der Waals surface area contributed by atoms with Crippen molar-refractivity contribution in [3.63, 3.8) is 0 Å². The highest BCUT2D eigenvalue weighted by Gasteiger charge is 2.18. The van der Waals surface area contributed by atoms with Gasteiger partial charge in [-0.15, -0.1) is 0 Å². The largest absolute Gasteiger partial charge is 0.438 e. The maximum atomic E-state index is 13.4. The molecular weight excluding hydrogens is 293 g/mol. The number of halogens is 2. The lowest BCUT2D eigenvalue weighted by Gasteiger charge is -2.08. The second kappa shape index (κ2) is 5.14. The first-order valence-corrected chi connectivity index (χ1v) is 7.52. The average Bonchev–Trinajstić information content (AvgIpc) is 2.33. The maximum absolute atomic E-state index is 13.4. The van der Waals surface area contributed by atoms with E-state index in [9.17, 15) is 12.8 Å². The molecular formula is C12H9ClFNO3S. The Bertz CT molecular complexity index is 719. The Kier molecular flexibility index (Phi) is 3.73. The van der Waals surface area contributed by atoms with Gasteiger partial charge in [-0.3, -0.25) is 0 Å². The van der Waals surface area contributed by atoms with Crippen LogP contribution in [-0.2, 0) is 9.05 Å². The standard InChI is InChI=1S/C12H9ClFNO3S/c1-8-4-5-9(7-10(8)14)18-12-11(19(13,16)17)3-2-6-15-12/h2-7H,1H3. The van der Waals surface area contributed by atoms with Gasteiger partial charge in [0.15, 0.2) is 0 Å². The van der Waals surface area contributed by atoms with E-state index in [1.54, 1.807) is 6.92 Å². The molecule has 0 bridgehead atoms. The molecule has 0 saturated carbocycles. The Morgan fingerprint density at radius 2 is 2.05 bits per heavy atom. The lowest BCUT2D eigenvalue weighted by atomic mass is 10.2. The summed E-state index contributed by atoms with van der Waals surface area (Å²) in [5, 5.41) is 0. The average molecular weight is 302 g/mol. The number of aryl methyl sites for hydroxylation is 1. The van der Waals surface area contributed by atoms with Crippen molar-refractivity contribution >= 4 is 19.7 Å². The molecule has 1 heterocycles. The molecule has 2 aromatic rings. The van der Waals surface area contributed by atoms with Gasteiger partial charge < -0.3 is 4.74 Å². The third-order valence-electron chi connectivity index (χ3n) is 2.36. The highest BCUT2D eigenvalue weighted by atomic mass is 35.7. The molecule has 2 rings (SSSR count). The fourth-order valence-electron chi connectivity index (χ4n) is 1.39. The summed E-state index contributed by atoms with van der Waals surface area (Å²) in [5.74, 6) is -0.507. The summed E-state index contributed by atoms with van der Waals surface area (Å²) in [5.41, 5.74) is 0.457. The van der Waals surface area contributed by atoms with Gasteiger partial charge in [-0.25, -0.2) is 17.8 Å². The first kappa shape index (κ1) is 13.8. The van der Waals surface area contributed by atoms with Crippen LogP contribution >= 0.6 is 10.7 Å². The molecule has 0 spiro atoms. The number of hydrogen-bond acceptors (Lipinski definition) is 4. The van der Waals surface area contributed by atoms with Crippen LogP contribution in [0.5, 0.6) is 11.6 Å². The molecule has 100 valence electrons. The van der Waals surface area contributed by atoms with Crippen LogP contribution in [-0.4, -0.2) is 13.4 Å². The SMILES string of the molecule is Cc1ccc(Oc2ncccc2S(=O)(=O)Cl)cc1F. The number of benzene rings is 1. The van der Waals surface area contributed by atoms with E-state index in [2.05, 4.69) is 4.98 Å². The van der Waals surface area contributed by atoms with Crippen LogP contribution in [0.3, 0.4) is 0 Å². The zero-order valence-electron chi connectivity index (χ0n) is 9.80. The molecule has 1 aromatic carbocycles. The molecule has 0 atom stereocenters. The van der Waals surface area contributed by atoms with Gasteiger partial charge in [-0.1, -0.05) is 6.07 Å². The van der Waals surface area contributed by atoms with Gasteiger partial charge in [-0.2, -0.15) is 0 Å². The van der Waals surface area contributed by atoms with Crippen LogP contribution in [0, 0.1) is 12.7 Å². The van der Waals surface area contributed by atoms with Crippen molar-refractivity contribution in [2.45, 2.75) is 11.8 Å². The topological polar surface area (TPSA) is 56.3 Å². The van der Waals surface area contributed by atoms with Crippen molar-refractivity contribution in [2.24, 2.45) is 0 Å². The molecule has 0 amide bonds. The van der Waals surface area contributed by atoms with E-state index < -0.39 is 14.9 Å². The summed E-state index contributed by atoms with van der Waals surface area (Å²) in [6, 6.07) is 6.85. The third kappa shape index (κ3) is 3.21. The van der Waals surface area contributed by atoms with E-state index in [1.165, 1.54) is 30.5 Å². The van der Waals surface area contributed by atoms with Crippen molar-refractivity contribution in [3.8, 4) is 11.6 Å². The fourth-order valence-corrected chi connectivity index (χ4v) is 2.28. The van der Waals surface area contributed by atoms with Gasteiger partial charge in [0.2, 0.25) is 5.88 Å². The van der Waals surface area contributed by atoms with Crippen molar-refractivity contribution in [3.05, 3.63) is 47.9 Å². The molecule has 0 N–H and O–H groups in total. The lowest BCUT2D eigenvalue weighted by Crippen LogP contribution is -1.98. The van der Waals surface area contributed by atoms with Crippen LogP contribution < -0.4 is 4.74 Å². The van der Waals surface area contributed by atoms with Gasteiger partial charge in [0.05, 0.1) is 0 Å². The molecule has 0 aliphatic carbocycles. The van der Waals surface area contributed by atoms with E-state index in [0.717, 1.165) is 6.07 Å². The molecule has 1 aromatic heterocycles. The number of rotatable bonds is 3. The Morgan fingerprint density at radius 3 is 2.68 bits per heavy atom. The first-order chi connectivity index (χ1) is 8.88. The van der Waals surface area contributed by atoms with Crippen LogP contribution in [0.25, 0.3) is 0 Å². The number of ether oxygens (including phenoxy) is 1. The molecule has 0 radical (unpaired) electrons. The van der Waals surface area contributed by atoms with Crippen molar-refractivity contribution in [2.75, 3.05) is 0 Å². The van der Waals surface area contributed by atoms with E-state index in [0.29, 0.717) is 5.56 Å². The van der Waals surface area contributed by atoms with Gasteiger partial charge >= 0.3 is 0 Å². The zero-order chi connectivity index (χ0) is 14.0. The van der Waals surface area contributed by atoms with E-state index in [-0.39, 0.29) is 16.5 Å². The summed E-state index contributed by atoms with van der Waals surface area (Å²) in [6.45, 7) is 1.61. The molecule has 0 unspecified atom stereocenters. The number of aromatic nitrogens is 1. The summed E-state index contributed by atoms with van der Waals surface area (Å²) in [4.78, 5) is 3.52. The molecule has 0 aliphatic rings. The first-order valence-electron chi connectivity index (χ1n) is 5.21. The fraction of sp³-hybridized carbons (Fsp3) is 0.0833. The second-order valence-electron chi connectivity index (χ2n) is 3.76. The molecule has 4 nitrogen and oxygen atoms in total. The van der Waals surface area contributed by atoms with Crippen molar-refractivity contribution < 1.29 is 17.5 Å². The Hall–Kier alpha value is -1.66. The van der Waals surface area contributed by atoms with Crippen LogP contribution in [0.4, 0.5) is 4.39 Å². The number of nitrogens with zero attached hydrogens (tertiary/aromatic N) is 1. The number of pyridine rings is 1. The van der Waals surface area contributed by atoms with Crippen LogP contribution in [0.1, 0.15) is 5.56 Å². The van der Waals surface area contributed by atoms with Gasteiger partial charge in [0, 0.05) is 22.9 Å². The van der Waals surface area contributed by atoms with Crippen molar-refractivity contribution in [1.82, 2.24) is 4.98 Å². The van der Waals surface area contributed by atoms with E-state index >= 15 is 0 Å². The minimum absolute atomic E-state index is 0.142. The smallest absolute Gasteiger partial charge is 0.266 e. The Balaban J connectivity index is 2.41. The third-order valence-corrected chi connectivity index (χ3v) is 3.69. The van der Waals surface area contributed by atoms with Crippen LogP contribution in [0.2, 0.25) is 0 Å². The van der Waals surface area contributed by atoms with E-state index in [1.807, 2.05) is 0 Å². The second-order valence-corrected chi connectivity index (χ2v) is 6.29. The Morgan fingerprint density at radius 1 is 1.32 bits per heavy atom. The van der Waals surface area contributed by atoms with Gasteiger partial charge in [0.1, 0.15) is 16.5 Å². The number of hydrogen-bond donors (Lipinski definition) is 0. The van der Waals surface area contributed by atoms with E-state index in [4.69, 9.17) is 15.4 Å². The summed E-state index contributed by atoms with van der Waals surface area (Å²) in [6.07, 6.45) is 1.35. The summed E-state index contributed by atoms with van der Waals surface area (Å²) >= 11 is 0. The predicted octanol–water partition coefficient (Wildman–Crippen LogP) is 3.25. The van der Waals surface area contributed by atoms with Gasteiger partial charge in [-0.05, 0) is 30.7 Å². The summed E-state index contributed by atoms with van der Waals surface area (Å²) < 4.78 is 41.3. The minimum atomic E-state index is -3.98. The van der Waals surface area contributed by atoms with Gasteiger partial charge in [0.25, 0.3) is 9.05 Å². The lowest BCUT2D eigenvalue weighted by molar-refractivity contribution is 0.443. The molecule has 19 heavy (non-hydrogen) atoms. The molecule has 7 heteroatoms. The highest BCUT2D eigenvalue weighted by molar-refractivity contribution is 8.13. The molecule has 0 saturated heterocycles. The van der Waals surface area contributed by atoms with Crippen LogP contribution in [0.15, 0.2) is 41.4 Å². The van der Waals surface area contributed by atoms with Crippen molar-refractivity contribution in [1.29, 1.82) is 0 Å². The monoisotopic (exact) mass is 301 g/mol.